The van der Waals surface area contributed by atoms with Crippen LogP contribution in [0.3, 0.4) is 0 Å². The molecule has 2 aromatic carbocycles. The number of ether oxygens (including phenoxy) is 2. The van der Waals surface area contributed by atoms with E-state index in [2.05, 4.69) is 48.6 Å². The molecule has 120 valence electrons. The minimum Gasteiger partial charge on any atom is -0.497 e. The van der Waals surface area contributed by atoms with Crippen molar-refractivity contribution in [3.63, 3.8) is 0 Å². The van der Waals surface area contributed by atoms with E-state index >= 15 is 0 Å². The number of hydrogen-bond donors (Lipinski definition) is 0. The predicted octanol–water partition coefficient (Wildman–Crippen LogP) is 5.60. The number of methoxy groups -OCH3 is 2. The van der Waals surface area contributed by atoms with Crippen LogP contribution >= 0.6 is 0 Å². The number of unbranched alkanes of at least 4 members (excludes halogenated alkanes) is 2. The molecule has 0 unspecified atom stereocenters. The second kappa shape index (κ2) is 9.52. The average molecular weight is 308 g/mol. The zero-order valence-corrected chi connectivity index (χ0v) is 13.9. The van der Waals surface area contributed by atoms with Crippen LogP contribution in [0.5, 0.6) is 11.5 Å². The molecule has 0 aliphatic heterocycles. The van der Waals surface area contributed by atoms with E-state index in [0.717, 1.165) is 30.8 Å². The number of benzene rings is 2. The second-order valence-electron chi connectivity index (χ2n) is 5.28. The monoisotopic (exact) mass is 308 g/mol. The molecular weight excluding hydrogens is 284 g/mol. The van der Waals surface area contributed by atoms with Crippen LogP contribution in [0.2, 0.25) is 0 Å². The highest BCUT2D eigenvalue weighted by Gasteiger charge is 1.91. The first kappa shape index (κ1) is 16.9. The quantitative estimate of drug-likeness (QED) is 0.591. The van der Waals surface area contributed by atoms with Gasteiger partial charge in [-0.2, -0.15) is 0 Å². The molecule has 0 amide bonds. The summed E-state index contributed by atoms with van der Waals surface area (Å²) in [5.41, 5.74) is 2.42. The summed E-state index contributed by atoms with van der Waals surface area (Å²) >= 11 is 0. The third-order valence-corrected chi connectivity index (χ3v) is 3.59. The molecule has 0 atom stereocenters. The van der Waals surface area contributed by atoms with Crippen molar-refractivity contribution >= 4 is 12.2 Å². The van der Waals surface area contributed by atoms with Gasteiger partial charge in [-0.25, -0.2) is 0 Å². The summed E-state index contributed by atoms with van der Waals surface area (Å²) in [6, 6.07) is 16.2. The Bertz CT molecular complexity index is 564. The zero-order valence-electron chi connectivity index (χ0n) is 13.9. The minimum absolute atomic E-state index is 0.894. The Labute approximate surface area is 139 Å². The molecule has 23 heavy (non-hydrogen) atoms. The average Bonchev–Trinajstić information content (AvgIpc) is 2.62. The highest BCUT2D eigenvalue weighted by molar-refractivity contribution is 5.51. The van der Waals surface area contributed by atoms with E-state index in [-0.39, 0.29) is 0 Å². The SMILES string of the molecule is COc1ccc(/C=C/CCC/C=C/c2ccc(OC)cc2)cc1. The summed E-state index contributed by atoms with van der Waals surface area (Å²) in [6.45, 7) is 0. The molecule has 0 bridgehead atoms. The molecule has 2 heteroatoms. The Kier molecular flexibility index (Phi) is 6.99. The summed E-state index contributed by atoms with van der Waals surface area (Å²) < 4.78 is 10.3. The van der Waals surface area contributed by atoms with E-state index in [0.29, 0.717) is 0 Å². The highest BCUT2D eigenvalue weighted by atomic mass is 16.5. The van der Waals surface area contributed by atoms with E-state index in [1.807, 2.05) is 24.3 Å². The predicted molar refractivity (Wildman–Crippen MR) is 97.9 cm³/mol. The summed E-state index contributed by atoms with van der Waals surface area (Å²) in [7, 11) is 3.37. The molecule has 0 spiro atoms. The van der Waals surface area contributed by atoms with Gasteiger partial charge in [0, 0.05) is 0 Å². The van der Waals surface area contributed by atoms with Gasteiger partial charge in [0.1, 0.15) is 11.5 Å². The van der Waals surface area contributed by atoms with E-state index in [9.17, 15) is 0 Å². The topological polar surface area (TPSA) is 18.5 Å². The molecule has 0 saturated carbocycles. The molecule has 0 N–H and O–H groups in total. The maximum absolute atomic E-state index is 5.15. The molecule has 0 fully saturated rings. The van der Waals surface area contributed by atoms with Crippen LogP contribution in [0.25, 0.3) is 12.2 Å². The van der Waals surface area contributed by atoms with Crippen LogP contribution in [0.4, 0.5) is 0 Å². The van der Waals surface area contributed by atoms with E-state index in [1.165, 1.54) is 11.1 Å². The van der Waals surface area contributed by atoms with Crippen LogP contribution in [0.15, 0.2) is 60.7 Å². The van der Waals surface area contributed by atoms with Crippen LogP contribution in [-0.2, 0) is 0 Å². The van der Waals surface area contributed by atoms with Gasteiger partial charge < -0.3 is 9.47 Å². The first-order valence-corrected chi connectivity index (χ1v) is 7.93. The molecule has 0 saturated heterocycles. The Hall–Kier alpha value is -2.48. The second-order valence-corrected chi connectivity index (χ2v) is 5.28. The highest BCUT2D eigenvalue weighted by Crippen LogP contribution is 2.14. The van der Waals surface area contributed by atoms with Crippen LogP contribution in [0, 0.1) is 0 Å². The van der Waals surface area contributed by atoms with Crippen LogP contribution < -0.4 is 9.47 Å². The fraction of sp³-hybridized carbons (Fsp3) is 0.238. The molecule has 0 aliphatic rings. The molecular formula is C21H24O2. The zero-order chi connectivity index (χ0) is 16.3. The van der Waals surface area contributed by atoms with Gasteiger partial charge in [-0.1, -0.05) is 48.6 Å². The fourth-order valence-corrected chi connectivity index (χ4v) is 2.22. The molecule has 0 aromatic heterocycles. The lowest BCUT2D eigenvalue weighted by molar-refractivity contribution is 0.414. The van der Waals surface area contributed by atoms with Crippen molar-refractivity contribution in [2.24, 2.45) is 0 Å². The van der Waals surface area contributed by atoms with Gasteiger partial charge in [-0.15, -0.1) is 0 Å². The van der Waals surface area contributed by atoms with Gasteiger partial charge in [0.15, 0.2) is 0 Å². The molecule has 0 aliphatic carbocycles. The Morgan fingerprint density at radius 1 is 0.652 bits per heavy atom. The van der Waals surface area contributed by atoms with E-state index in [4.69, 9.17) is 9.47 Å². The lowest BCUT2D eigenvalue weighted by Crippen LogP contribution is -1.81. The van der Waals surface area contributed by atoms with Gasteiger partial charge in [0.25, 0.3) is 0 Å². The van der Waals surface area contributed by atoms with Crippen molar-refractivity contribution in [1.82, 2.24) is 0 Å². The molecule has 0 heterocycles. The third-order valence-electron chi connectivity index (χ3n) is 3.59. The molecule has 2 rings (SSSR count). The molecule has 0 radical (unpaired) electrons. The number of rotatable bonds is 8. The lowest BCUT2D eigenvalue weighted by Gasteiger charge is -1.99. The molecule has 2 nitrogen and oxygen atoms in total. The number of allylic oxidation sites excluding steroid dienone is 2. The van der Waals surface area contributed by atoms with Gasteiger partial charge in [0.05, 0.1) is 14.2 Å². The van der Waals surface area contributed by atoms with Gasteiger partial charge in [0.2, 0.25) is 0 Å². The maximum atomic E-state index is 5.15. The van der Waals surface area contributed by atoms with Crippen molar-refractivity contribution in [1.29, 1.82) is 0 Å². The van der Waals surface area contributed by atoms with Crippen molar-refractivity contribution in [2.45, 2.75) is 19.3 Å². The maximum Gasteiger partial charge on any atom is 0.118 e. The van der Waals surface area contributed by atoms with Gasteiger partial charge in [-0.3, -0.25) is 0 Å². The van der Waals surface area contributed by atoms with Crippen molar-refractivity contribution < 1.29 is 9.47 Å². The van der Waals surface area contributed by atoms with E-state index < -0.39 is 0 Å². The minimum atomic E-state index is 0.894. The fourth-order valence-electron chi connectivity index (χ4n) is 2.22. The Morgan fingerprint density at radius 3 is 1.39 bits per heavy atom. The number of hydrogen-bond acceptors (Lipinski definition) is 2. The smallest absolute Gasteiger partial charge is 0.118 e. The van der Waals surface area contributed by atoms with Crippen molar-refractivity contribution in [3.05, 3.63) is 71.8 Å². The summed E-state index contributed by atoms with van der Waals surface area (Å²) in [6.07, 6.45) is 12.1. The first-order valence-electron chi connectivity index (χ1n) is 7.93. The Morgan fingerprint density at radius 2 is 1.04 bits per heavy atom. The van der Waals surface area contributed by atoms with Gasteiger partial charge >= 0.3 is 0 Å². The normalized spacial score (nSPS) is 11.2. The van der Waals surface area contributed by atoms with E-state index in [1.54, 1.807) is 14.2 Å². The van der Waals surface area contributed by atoms with Crippen molar-refractivity contribution in [2.75, 3.05) is 14.2 Å². The standard InChI is InChI=1S/C21H24O2/c1-22-20-14-10-18(11-15-20)8-6-4-3-5-7-9-19-12-16-21(23-2)17-13-19/h6-17H,3-5H2,1-2H3/b8-6+,9-7+. The third kappa shape index (κ3) is 6.03. The largest absolute Gasteiger partial charge is 0.497 e. The lowest BCUT2D eigenvalue weighted by atomic mass is 10.1. The first-order chi connectivity index (χ1) is 11.3. The summed E-state index contributed by atoms with van der Waals surface area (Å²) in [5, 5.41) is 0. The van der Waals surface area contributed by atoms with Crippen LogP contribution in [0.1, 0.15) is 30.4 Å². The Balaban J connectivity index is 1.68. The summed E-state index contributed by atoms with van der Waals surface area (Å²) in [5.74, 6) is 1.79. The van der Waals surface area contributed by atoms with Crippen molar-refractivity contribution in [3.8, 4) is 11.5 Å². The summed E-state index contributed by atoms with van der Waals surface area (Å²) in [4.78, 5) is 0. The molecule has 2 aromatic rings. The van der Waals surface area contributed by atoms with Crippen LogP contribution in [-0.4, -0.2) is 14.2 Å². The van der Waals surface area contributed by atoms with Gasteiger partial charge in [-0.05, 0) is 54.7 Å².